The van der Waals surface area contributed by atoms with Crippen molar-refractivity contribution >= 4 is 5.82 Å². The van der Waals surface area contributed by atoms with Crippen molar-refractivity contribution in [2.24, 2.45) is 5.73 Å². The van der Waals surface area contributed by atoms with Crippen LogP contribution in [0.3, 0.4) is 0 Å². The molecule has 0 fully saturated rings. The number of hydrogen-bond acceptors (Lipinski definition) is 5. The highest BCUT2D eigenvalue weighted by Crippen LogP contribution is 2.29. The topological polar surface area (TPSA) is 97.9 Å². The normalized spacial score (nSPS) is 10.9. The maximum Gasteiger partial charge on any atom is 0.573 e. The number of rotatable bonds is 2. The molecule has 4 N–H and O–H groups in total. The van der Waals surface area contributed by atoms with Gasteiger partial charge in [0, 0.05) is 12.6 Å². The second-order valence-corrected chi connectivity index (χ2v) is 2.74. The number of nitrogens with two attached hydrogens (primary N) is 2. The largest absolute Gasteiger partial charge is 0.573 e. The molecule has 0 bridgehead atoms. The molecule has 1 rings (SSSR count). The van der Waals surface area contributed by atoms with Crippen LogP contribution in [0.15, 0.2) is 6.07 Å². The highest BCUT2D eigenvalue weighted by Gasteiger charge is 2.33. The van der Waals surface area contributed by atoms with E-state index in [1.165, 1.54) is 6.07 Å². The molecule has 0 amide bonds. The lowest BCUT2D eigenvalue weighted by Gasteiger charge is -2.12. The molecule has 1 aromatic rings. The van der Waals surface area contributed by atoms with Crippen LogP contribution in [0.4, 0.5) is 19.0 Å². The van der Waals surface area contributed by atoms with E-state index < -0.39 is 17.7 Å². The molecule has 0 saturated carbocycles. The van der Waals surface area contributed by atoms with Gasteiger partial charge in [0.25, 0.3) is 0 Å². The summed E-state index contributed by atoms with van der Waals surface area (Å²) in [5.74, 6) is -1.03. The maximum atomic E-state index is 12.0. The zero-order valence-electron chi connectivity index (χ0n) is 7.88. The van der Waals surface area contributed by atoms with Crippen molar-refractivity contribution in [1.82, 2.24) is 4.98 Å². The molecule has 5 nitrogen and oxygen atoms in total. The molecule has 8 heteroatoms. The number of nitriles is 1. The number of nitrogen functional groups attached to an aromatic ring is 1. The summed E-state index contributed by atoms with van der Waals surface area (Å²) in [5, 5.41) is 8.61. The van der Waals surface area contributed by atoms with Crippen LogP contribution in [0.5, 0.6) is 5.75 Å². The summed E-state index contributed by atoms with van der Waals surface area (Å²) in [4.78, 5) is 3.64. The molecular weight excluding hydrogens is 225 g/mol. The molecule has 0 aliphatic rings. The molecule has 0 radical (unpaired) electrons. The predicted molar refractivity (Wildman–Crippen MR) is 47.9 cm³/mol. The molecule has 0 atom stereocenters. The Balaban J connectivity index is 3.25. The first-order valence-electron chi connectivity index (χ1n) is 4.02. The van der Waals surface area contributed by atoms with Crippen molar-refractivity contribution in [2.45, 2.75) is 12.9 Å². The smallest absolute Gasteiger partial charge is 0.404 e. The van der Waals surface area contributed by atoms with Gasteiger partial charge in [-0.3, -0.25) is 0 Å². The van der Waals surface area contributed by atoms with Gasteiger partial charge in [-0.25, -0.2) is 4.98 Å². The second kappa shape index (κ2) is 4.24. The molecule has 0 aliphatic heterocycles. The van der Waals surface area contributed by atoms with E-state index in [-0.39, 0.29) is 18.1 Å². The van der Waals surface area contributed by atoms with E-state index in [1.807, 2.05) is 0 Å². The fraction of sp³-hybridized carbons (Fsp3) is 0.250. The van der Waals surface area contributed by atoms with Crippen LogP contribution in [0.1, 0.15) is 11.3 Å². The minimum absolute atomic E-state index is 0.107. The first kappa shape index (κ1) is 12.1. The summed E-state index contributed by atoms with van der Waals surface area (Å²) in [7, 11) is 0. The van der Waals surface area contributed by atoms with Gasteiger partial charge in [0.2, 0.25) is 0 Å². The fourth-order valence-electron chi connectivity index (χ4n) is 1.01. The van der Waals surface area contributed by atoms with Crippen molar-refractivity contribution < 1.29 is 17.9 Å². The zero-order valence-corrected chi connectivity index (χ0v) is 7.88. The molecule has 16 heavy (non-hydrogen) atoms. The van der Waals surface area contributed by atoms with Crippen molar-refractivity contribution in [3.05, 3.63) is 17.3 Å². The van der Waals surface area contributed by atoms with E-state index in [1.54, 1.807) is 0 Å². The van der Waals surface area contributed by atoms with Crippen molar-refractivity contribution in [2.75, 3.05) is 5.73 Å². The van der Waals surface area contributed by atoms with Crippen molar-refractivity contribution in [1.29, 1.82) is 5.26 Å². The Labute approximate surface area is 88.4 Å². The lowest BCUT2D eigenvalue weighted by molar-refractivity contribution is -0.274. The Morgan fingerprint density at radius 3 is 2.56 bits per heavy atom. The van der Waals surface area contributed by atoms with Gasteiger partial charge in [0.05, 0.1) is 5.69 Å². The van der Waals surface area contributed by atoms with Gasteiger partial charge in [-0.05, 0) is 0 Å². The average molecular weight is 232 g/mol. The first-order valence-corrected chi connectivity index (χ1v) is 4.02. The molecule has 0 saturated heterocycles. The van der Waals surface area contributed by atoms with Gasteiger partial charge in [-0.15, -0.1) is 13.2 Å². The lowest BCUT2D eigenvalue weighted by atomic mass is 10.2. The predicted octanol–water partition coefficient (Wildman–Crippen LogP) is 0.893. The highest BCUT2D eigenvalue weighted by molar-refractivity contribution is 5.57. The molecular formula is C8H7F3N4O. The molecule has 86 valence electrons. The van der Waals surface area contributed by atoms with E-state index in [2.05, 4.69) is 9.72 Å². The Hall–Kier alpha value is -2.01. The van der Waals surface area contributed by atoms with Crippen LogP contribution < -0.4 is 16.2 Å². The SMILES string of the molecule is N#Cc1c(OC(F)(F)F)cc(CN)nc1N. The lowest BCUT2D eigenvalue weighted by Crippen LogP contribution is -2.19. The van der Waals surface area contributed by atoms with Crippen LogP contribution >= 0.6 is 0 Å². The van der Waals surface area contributed by atoms with Gasteiger partial charge in [0.15, 0.2) is 5.75 Å². The zero-order chi connectivity index (χ0) is 12.3. The molecule has 0 aromatic carbocycles. The van der Waals surface area contributed by atoms with Crippen LogP contribution in [0.25, 0.3) is 0 Å². The van der Waals surface area contributed by atoms with Crippen LogP contribution in [-0.4, -0.2) is 11.3 Å². The number of alkyl halides is 3. The summed E-state index contributed by atoms with van der Waals surface area (Å²) >= 11 is 0. The summed E-state index contributed by atoms with van der Waals surface area (Å²) in [5.41, 5.74) is 10.1. The maximum absolute atomic E-state index is 12.0. The van der Waals surface area contributed by atoms with Gasteiger partial charge < -0.3 is 16.2 Å². The average Bonchev–Trinajstić information content (AvgIpc) is 2.14. The Bertz CT molecular complexity index is 438. The first-order chi connectivity index (χ1) is 7.37. The van der Waals surface area contributed by atoms with Gasteiger partial charge in [-0.2, -0.15) is 5.26 Å². The summed E-state index contributed by atoms with van der Waals surface area (Å²) in [6, 6.07) is 2.42. The Morgan fingerprint density at radius 2 is 2.12 bits per heavy atom. The van der Waals surface area contributed by atoms with Crippen LogP contribution in [-0.2, 0) is 6.54 Å². The number of aromatic nitrogens is 1. The van der Waals surface area contributed by atoms with E-state index in [0.717, 1.165) is 6.07 Å². The number of hydrogen-bond donors (Lipinski definition) is 2. The Kier molecular flexibility index (Phi) is 3.20. The molecule has 1 heterocycles. The number of pyridine rings is 1. The minimum Gasteiger partial charge on any atom is -0.404 e. The number of ether oxygens (including phenoxy) is 1. The monoisotopic (exact) mass is 232 g/mol. The summed E-state index contributed by atoms with van der Waals surface area (Å²) in [6.45, 7) is -0.107. The second-order valence-electron chi connectivity index (χ2n) is 2.74. The standard InChI is InChI=1S/C8H7F3N4O/c9-8(10,11)16-6-1-4(2-12)15-7(14)5(6)3-13/h1H,2,12H2,(H2,14,15). The third-order valence-electron chi connectivity index (χ3n) is 1.61. The van der Waals surface area contributed by atoms with Crippen molar-refractivity contribution in [3.8, 4) is 11.8 Å². The quantitative estimate of drug-likeness (QED) is 0.789. The molecule has 0 aliphatic carbocycles. The molecule has 0 unspecified atom stereocenters. The minimum atomic E-state index is -4.90. The van der Waals surface area contributed by atoms with E-state index in [4.69, 9.17) is 16.7 Å². The van der Waals surface area contributed by atoms with E-state index in [9.17, 15) is 13.2 Å². The number of nitrogens with zero attached hydrogens (tertiary/aromatic N) is 2. The fourth-order valence-corrected chi connectivity index (χ4v) is 1.01. The highest BCUT2D eigenvalue weighted by atomic mass is 19.4. The number of anilines is 1. The third-order valence-corrected chi connectivity index (χ3v) is 1.61. The third kappa shape index (κ3) is 2.74. The number of halogens is 3. The summed E-state index contributed by atoms with van der Waals surface area (Å²) < 4.78 is 39.7. The molecule has 0 spiro atoms. The van der Waals surface area contributed by atoms with Crippen LogP contribution in [0.2, 0.25) is 0 Å². The van der Waals surface area contributed by atoms with Crippen molar-refractivity contribution in [3.63, 3.8) is 0 Å². The Morgan fingerprint density at radius 1 is 1.50 bits per heavy atom. The molecule has 1 aromatic heterocycles. The van der Waals surface area contributed by atoms with E-state index >= 15 is 0 Å². The van der Waals surface area contributed by atoms with Gasteiger partial charge in [0.1, 0.15) is 17.5 Å². The van der Waals surface area contributed by atoms with Gasteiger partial charge in [-0.1, -0.05) is 0 Å². The summed E-state index contributed by atoms with van der Waals surface area (Å²) in [6.07, 6.45) is -4.90. The van der Waals surface area contributed by atoms with Crippen LogP contribution in [0, 0.1) is 11.3 Å². The van der Waals surface area contributed by atoms with E-state index in [0.29, 0.717) is 0 Å². The van der Waals surface area contributed by atoms with Gasteiger partial charge >= 0.3 is 6.36 Å².